The highest BCUT2D eigenvalue weighted by atomic mass is 16.5. The molecule has 2 aromatic carbocycles. The molecule has 0 amide bonds. The van der Waals surface area contributed by atoms with Crippen molar-refractivity contribution in [1.29, 1.82) is 0 Å². The van der Waals surface area contributed by atoms with E-state index in [0.29, 0.717) is 6.04 Å². The highest BCUT2D eigenvalue weighted by Gasteiger charge is 2.41. The van der Waals surface area contributed by atoms with Crippen LogP contribution < -0.4 is 10.2 Å². The van der Waals surface area contributed by atoms with Crippen molar-refractivity contribution >= 4 is 11.6 Å². The van der Waals surface area contributed by atoms with Crippen molar-refractivity contribution in [2.45, 2.75) is 25.2 Å². The van der Waals surface area contributed by atoms with Crippen molar-refractivity contribution in [3.63, 3.8) is 0 Å². The summed E-state index contributed by atoms with van der Waals surface area (Å²) in [6.07, 6.45) is 4.68. The zero-order valence-corrected chi connectivity index (χ0v) is 18.9. The minimum atomic E-state index is 0.236. The van der Waals surface area contributed by atoms with Gasteiger partial charge in [-0.15, -0.1) is 0 Å². The van der Waals surface area contributed by atoms with E-state index in [9.17, 15) is 0 Å². The molecule has 1 N–H and O–H groups in total. The van der Waals surface area contributed by atoms with Gasteiger partial charge in [-0.2, -0.15) is 0 Å². The summed E-state index contributed by atoms with van der Waals surface area (Å²) in [7, 11) is 1.87. The Kier molecular flexibility index (Phi) is 6.41. The molecule has 3 heterocycles. The fraction of sp³-hybridized carbons (Fsp3) is 0.423. The summed E-state index contributed by atoms with van der Waals surface area (Å²) < 4.78 is 6.14. The zero-order chi connectivity index (χ0) is 21.8. The molecule has 168 valence electrons. The molecule has 2 fully saturated rings. The van der Waals surface area contributed by atoms with Gasteiger partial charge in [-0.05, 0) is 23.3 Å². The van der Waals surface area contributed by atoms with Crippen LogP contribution in [0.15, 0.2) is 71.7 Å². The lowest BCUT2D eigenvalue weighted by Crippen LogP contribution is -2.50. The summed E-state index contributed by atoms with van der Waals surface area (Å²) in [5.74, 6) is 0.954. The van der Waals surface area contributed by atoms with Gasteiger partial charge < -0.3 is 19.9 Å². The van der Waals surface area contributed by atoms with Gasteiger partial charge in [0.15, 0.2) is 5.96 Å². The Morgan fingerprint density at radius 1 is 1.00 bits per heavy atom. The van der Waals surface area contributed by atoms with Crippen molar-refractivity contribution in [1.82, 2.24) is 15.1 Å². The molecule has 5 rings (SSSR count). The average molecular weight is 432 g/mol. The Balaban J connectivity index is 1.18. The molecule has 2 unspecified atom stereocenters. The van der Waals surface area contributed by atoms with Gasteiger partial charge in [-0.3, -0.25) is 9.89 Å². The second kappa shape index (κ2) is 9.76. The third-order valence-electron chi connectivity index (χ3n) is 6.73. The van der Waals surface area contributed by atoms with Crippen molar-refractivity contribution in [2.75, 3.05) is 51.3 Å². The standard InChI is InChI=1S/C26H33N5O/c1-27-26(28-17-21-9-11-23(12-10-21)29-13-5-6-14-29)31-19-24-25(20-31)32-16-15-30(24)18-22-7-3-2-4-8-22/h2-12,24-25H,13-20H2,1H3,(H,27,28). The third kappa shape index (κ3) is 4.66. The van der Waals surface area contributed by atoms with Crippen LogP contribution in [0.3, 0.4) is 0 Å². The van der Waals surface area contributed by atoms with Gasteiger partial charge in [-0.25, -0.2) is 0 Å². The van der Waals surface area contributed by atoms with Crippen LogP contribution in [-0.2, 0) is 17.8 Å². The van der Waals surface area contributed by atoms with Gasteiger partial charge in [0.2, 0.25) is 0 Å². The van der Waals surface area contributed by atoms with E-state index < -0.39 is 0 Å². The number of morpholine rings is 1. The van der Waals surface area contributed by atoms with Crippen LogP contribution in [0.25, 0.3) is 0 Å². The Hall–Kier alpha value is -2.83. The molecule has 3 aliphatic rings. The average Bonchev–Trinajstić information content (AvgIpc) is 3.52. The molecule has 6 nitrogen and oxygen atoms in total. The number of hydrogen-bond acceptors (Lipinski definition) is 4. The molecule has 0 saturated carbocycles. The number of nitrogens with zero attached hydrogens (tertiary/aromatic N) is 4. The number of ether oxygens (including phenoxy) is 1. The fourth-order valence-corrected chi connectivity index (χ4v) is 4.97. The van der Waals surface area contributed by atoms with E-state index in [1.165, 1.54) is 16.8 Å². The summed E-state index contributed by atoms with van der Waals surface area (Å²) in [6, 6.07) is 20.0. The molecule has 2 aromatic rings. The lowest BCUT2D eigenvalue weighted by molar-refractivity contribution is -0.0502. The van der Waals surface area contributed by atoms with Gasteiger partial charge in [0.25, 0.3) is 0 Å². The molecule has 2 atom stereocenters. The van der Waals surface area contributed by atoms with E-state index in [1.54, 1.807) is 0 Å². The largest absolute Gasteiger partial charge is 0.373 e. The SMILES string of the molecule is CN=C(NCc1ccc(N2CC=CC2)cc1)N1CC2OCCN(Cc3ccccc3)C2C1. The number of rotatable bonds is 5. The second-order valence-corrected chi connectivity index (χ2v) is 8.78. The second-order valence-electron chi connectivity index (χ2n) is 8.78. The molecular formula is C26H33N5O. The Morgan fingerprint density at radius 2 is 1.78 bits per heavy atom. The van der Waals surface area contributed by atoms with Crippen LogP contribution in [-0.4, -0.2) is 74.3 Å². The van der Waals surface area contributed by atoms with E-state index in [4.69, 9.17) is 4.74 Å². The summed E-state index contributed by atoms with van der Waals surface area (Å²) in [5, 5.41) is 3.57. The predicted octanol–water partition coefficient (Wildman–Crippen LogP) is 2.72. The summed E-state index contributed by atoms with van der Waals surface area (Å²) in [4.78, 5) is 11.9. The highest BCUT2D eigenvalue weighted by molar-refractivity contribution is 5.80. The number of nitrogens with one attached hydrogen (secondary N) is 1. The minimum Gasteiger partial charge on any atom is -0.373 e. The lowest BCUT2D eigenvalue weighted by Gasteiger charge is -2.36. The summed E-state index contributed by atoms with van der Waals surface area (Å²) in [6.45, 7) is 7.36. The maximum Gasteiger partial charge on any atom is 0.194 e. The predicted molar refractivity (Wildman–Crippen MR) is 130 cm³/mol. The monoisotopic (exact) mass is 431 g/mol. The molecule has 32 heavy (non-hydrogen) atoms. The third-order valence-corrected chi connectivity index (χ3v) is 6.73. The quantitative estimate of drug-likeness (QED) is 0.448. The van der Waals surface area contributed by atoms with Gasteiger partial charge in [-0.1, -0.05) is 54.6 Å². The number of fused-ring (bicyclic) bond motifs is 1. The first-order valence-electron chi connectivity index (χ1n) is 11.6. The maximum absolute atomic E-state index is 6.14. The van der Waals surface area contributed by atoms with Gasteiger partial charge in [0.1, 0.15) is 0 Å². The van der Waals surface area contributed by atoms with Crippen LogP contribution in [0.4, 0.5) is 5.69 Å². The minimum absolute atomic E-state index is 0.236. The number of benzene rings is 2. The number of likely N-dealkylation sites (tertiary alicyclic amines) is 1. The molecule has 0 bridgehead atoms. The van der Waals surface area contributed by atoms with Crippen molar-refractivity contribution in [2.24, 2.45) is 4.99 Å². The van der Waals surface area contributed by atoms with Crippen molar-refractivity contribution in [3.05, 3.63) is 77.9 Å². The molecule has 0 spiro atoms. The topological polar surface area (TPSA) is 43.3 Å². The molecule has 0 aliphatic carbocycles. The smallest absolute Gasteiger partial charge is 0.194 e. The molecular weight excluding hydrogens is 398 g/mol. The fourth-order valence-electron chi connectivity index (χ4n) is 4.97. The van der Waals surface area contributed by atoms with Crippen LogP contribution in [0.5, 0.6) is 0 Å². The number of aliphatic imine (C=N–C) groups is 1. The van der Waals surface area contributed by atoms with Gasteiger partial charge in [0, 0.05) is 58.5 Å². The number of guanidine groups is 1. The van der Waals surface area contributed by atoms with Crippen molar-refractivity contribution in [3.8, 4) is 0 Å². The maximum atomic E-state index is 6.14. The van der Waals surface area contributed by atoms with E-state index >= 15 is 0 Å². The zero-order valence-electron chi connectivity index (χ0n) is 18.9. The highest BCUT2D eigenvalue weighted by Crippen LogP contribution is 2.25. The Bertz CT molecular complexity index is 934. The molecule has 2 saturated heterocycles. The van der Waals surface area contributed by atoms with E-state index in [0.717, 1.165) is 58.4 Å². The van der Waals surface area contributed by atoms with Crippen LogP contribution in [0.2, 0.25) is 0 Å². The first-order valence-corrected chi connectivity index (χ1v) is 11.6. The normalized spacial score (nSPS) is 23.6. The summed E-state index contributed by atoms with van der Waals surface area (Å²) >= 11 is 0. The molecule has 6 heteroatoms. The number of hydrogen-bond donors (Lipinski definition) is 1. The Morgan fingerprint density at radius 3 is 2.53 bits per heavy atom. The van der Waals surface area contributed by atoms with Crippen LogP contribution in [0.1, 0.15) is 11.1 Å². The molecule has 3 aliphatic heterocycles. The van der Waals surface area contributed by atoms with Crippen LogP contribution >= 0.6 is 0 Å². The van der Waals surface area contributed by atoms with Crippen molar-refractivity contribution < 1.29 is 4.74 Å². The molecule has 0 radical (unpaired) electrons. The van der Waals surface area contributed by atoms with Gasteiger partial charge in [0.05, 0.1) is 18.8 Å². The van der Waals surface area contributed by atoms with Gasteiger partial charge >= 0.3 is 0 Å². The number of anilines is 1. The van der Waals surface area contributed by atoms with E-state index in [2.05, 4.69) is 91.8 Å². The lowest BCUT2D eigenvalue weighted by atomic mass is 10.1. The Labute approximate surface area is 191 Å². The van der Waals surface area contributed by atoms with E-state index in [1.807, 2.05) is 7.05 Å². The molecule has 0 aromatic heterocycles. The summed E-state index contributed by atoms with van der Waals surface area (Å²) in [5.41, 5.74) is 3.91. The first-order chi connectivity index (χ1) is 15.8. The van der Waals surface area contributed by atoms with Crippen LogP contribution in [0, 0.1) is 0 Å². The van der Waals surface area contributed by atoms with E-state index in [-0.39, 0.29) is 6.10 Å². The first kappa shape index (κ1) is 21.0.